The molecule has 1 amide bonds. The van der Waals surface area contributed by atoms with Gasteiger partial charge >= 0.3 is 0 Å². The zero-order chi connectivity index (χ0) is 19.9. The van der Waals surface area contributed by atoms with E-state index in [0.29, 0.717) is 24.3 Å². The Labute approximate surface area is 165 Å². The molecule has 1 aromatic heterocycles. The lowest BCUT2D eigenvalue weighted by Crippen LogP contribution is -2.37. The maximum absolute atomic E-state index is 13.4. The first-order valence-corrected chi connectivity index (χ1v) is 9.70. The molecule has 3 aromatic rings. The maximum Gasteiger partial charge on any atom is 0.277 e. The number of nitrogens with one attached hydrogen (secondary N) is 1. The number of H-pyrrole nitrogens is 1. The van der Waals surface area contributed by atoms with E-state index in [-0.39, 0.29) is 11.5 Å². The van der Waals surface area contributed by atoms with Crippen LogP contribution in [0.2, 0.25) is 0 Å². The molecule has 3 rings (SSSR count). The summed E-state index contributed by atoms with van der Waals surface area (Å²) in [6.07, 6.45) is 1.67. The number of benzene rings is 2. The molecule has 1 N–H and O–H groups in total. The van der Waals surface area contributed by atoms with Crippen LogP contribution in [0.5, 0.6) is 0 Å². The largest absolute Gasteiger partial charge is 0.338 e. The van der Waals surface area contributed by atoms with Crippen LogP contribution in [0.1, 0.15) is 37.0 Å². The van der Waals surface area contributed by atoms with Gasteiger partial charge in [-0.1, -0.05) is 74.5 Å². The van der Waals surface area contributed by atoms with Gasteiger partial charge in [-0.25, -0.2) is 5.10 Å². The Kier molecular flexibility index (Phi) is 6.37. The fraction of sp³-hybridized carbons (Fsp3) is 0.261. The third kappa shape index (κ3) is 4.03. The number of carbonyl (C=O) groups excluding carboxylic acids is 1. The van der Waals surface area contributed by atoms with Gasteiger partial charge < -0.3 is 4.90 Å². The van der Waals surface area contributed by atoms with Crippen LogP contribution >= 0.6 is 0 Å². The monoisotopic (exact) mass is 375 g/mol. The van der Waals surface area contributed by atoms with Gasteiger partial charge in [0.15, 0.2) is 0 Å². The van der Waals surface area contributed by atoms with Crippen molar-refractivity contribution in [1.29, 1.82) is 0 Å². The molecule has 5 nitrogen and oxygen atoms in total. The molecule has 0 aliphatic rings. The summed E-state index contributed by atoms with van der Waals surface area (Å²) in [5.74, 6) is -0.247. The minimum Gasteiger partial charge on any atom is -0.338 e. The van der Waals surface area contributed by atoms with Crippen LogP contribution < -0.4 is 5.56 Å². The molecule has 2 aromatic carbocycles. The number of rotatable bonds is 7. The first kappa shape index (κ1) is 19.5. The lowest BCUT2D eigenvalue weighted by Gasteiger charge is -2.23. The summed E-state index contributed by atoms with van der Waals surface area (Å²) in [6.45, 7) is 5.28. The van der Waals surface area contributed by atoms with Crippen molar-refractivity contribution in [3.05, 3.63) is 76.6 Å². The molecule has 0 radical (unpaired) electrons. The number of carbonyl (C=O) groups is 1. The van der Waals surface area contributed by atoms with E-state index in [1.807, 2.05) is 74.5 Å². The van der Waals surface area contributed by atoms with Crippen LogP contribution in [-0.4, -0.2) is 34.1 Å². The molecule has 0 aliphatic carbocycles. The molecule has 28 heavy (non-hydrogen) atoms. The molecular formula is C23H25N3O2. The van der Waals surface area contributed by atoms with Crippen LogP contribution in [0, 0.1) is 0 Å². The molecule has 0 aliphatic heterocycles. The minimum absolute atomic E-state index is 0.155. The number of hydrogen-bond donors (Lipinski definition) is 1. The first-order chi connectivity index (χ1) is 13.7. The zero-order valence-corrected chi connectivity index (χ0v) is 16.3. The smallest absolute Gasteiger partial charge is 0.277 e. The molecule has 0 saturated heterocycles. The number of amides is 1. The summed E-state index contributed by atoms with van der Waals surface area (Å²) in [7, 11) is 0. The van der Waals surface area contributed by atoms with Gasteiger partial charge in [0.1, 0.15) is 5.56 Å². The second-order valence-electron chi connectivity index (χ2n) is 6.68. The number of aromatic amines is 1. The standard InChI is InChI=1S/C23H25N3O2/c1-3-15-26(16-4-2)23(28)20-19(17-11-7-5-8-12-17)21(24-25-22(20)27)18-13-9-6-10-14-18/h5-14H,3-4,15-16H2,1-2H3,(H,25,27). The van der Waals surface area contributed by atoms with Crippen molar-refractivity contribution >= 4 is 5.91 Å². The van der Waals surface area contributed by atoms with Crippen molar-refractivity contribution < 1.29 is 4.79 Å². The molecule has 0 fully saturated rings. The average molecular weight is 375 g/mol. The highest BCUT2D eigenvalue weighted by Gasteiger charge is 2.26. The van der Waals surface area contributed by atoms with Crippen LogP contribution in [-0.2, 0) is 0 Å². The molecule has 0 bridgehead atoms. The predicted molar refractivity (Wildman–Crippen MR) is 112 cm³/mol. The van der Waals surface area contributed by atoms with E-state index in [1.165, 1.54) is 0 Å². The van der Waals surface area contributed by atoms with Crippen molar-refractivity contribution in [3.63, 3.8) is 0 Å². The van der Waals surface area contributed by atoms with Gasteiger partial charge in [0.25, 0.3) is 11.5 Å². The summed E-state index contributed by atoms with van der Waals surface area (Å²) >= 11 is 0. The van der Waals surface area contributed by atoms with Crippen LogP contribution in [0.4, 0.5) is 0 Å². The molecule has 144 valence electrons. The quantitative estimate of drug-likeness (QED) is 0.667. The fourth-order valence-electron chi connectivity index (χ4n) is 3.36. The van der Waals surface area contributed by atoms with Gasteiger partial charge in [-0.15, -0.1) is 0 Å². The van der Waals surface area contributed by atoms with Gasteiger partial charge in [-0.3, -0.25) is 9.59 Å². The Balaban J connectivity index is 2.27. The van der Waals surface area contributed by atoms with Crippen LogP contribution in [0.25, 0.3) is 22.4 Å². The fourth-order valence-corrected chi connectivity index (χ4v) is 3.36. The second kappa shape index (κ2) is 9.13. The maximum atomic E-state index is 13.4. The highest BCUT2D eigenvalue weighted by atomic mass is 16.2. The highest BCUT2D eigenvalue weighted by Crippen LogP contribution is 2.32. The molecule has 0 spiro atoms. The lowest BCUT2D eigenvalue weighted by atomic mass is 9.95. The normalized spacial score (nSPS) is 10.6. The van der Waals surface area contributed by atoms with Gasteiger partial charge in [-0.05, 0) is 18.4 Å². The Morgan fingerprint density at radius 3 is 1.96 bits per heavy atom. The van der Waals surface area contributed by atoms with E-state index in [2.05, 4.69) is 10.2 Å². The van der Waals surface area contributed by atoms with E-state index < -0.39 is 5.56 Å². The Hall–Kier alpha value is -3.21. The van der Waals surface area contributed by atoms with Crippen molar-refractivity contribution in [1.82, 2.24) is 15.1 Å². The highest BCUT2D eigenvalue weighted by molar-refractivity contribution is 6.03. The summed E-state index contributed by atoms with van der Waals surface area (Å²) < 4.78 is 0. The number of nitrogens with zero attached hydrogens (tertiary/aromatic N) is 2. The van der Waals surface area contributed by atoms with Gasteiger partial charge in [0.2, 0.25) is 0 Å². The third-order valence-corrected chi connectivity index (χ3v) is 4.58. The molecule has 5 heteroatoms. The third-order valence-electron chi connectivity index (χ3n) is 4.58. The molecule has 0 saturated carbocycles. The van der Waals surface area contributed by atoms with Crippen molar-refractivity contribution in [2.24, 2.45) is 0 Å². The Morgan fingerprint density at radius 1 is 0.893 bits per heavy atom. The number of aromatic nitrogens is 2. The molecular weight excluding hydrogens is 350 g/mol. The van der Waals surface area contributed by atoms with E-state index in [0.717, 1.165) is 24.0 Å². The molecule has 1 heterocycles. The van der Waals surface area contributed by atoms with E-state index in [1.54, 1.807) is 4.90 Å². The summed E-state index contributed by atoms with van der Waals surface area (Å²) in [6, 6.07) is 19.1. The lowest BCUT2D eigenvalue weighted by molar-refractivity contribution is 0.0754. The van der Waals surface area contributed by atoms with Gasteiger partial charge in [0, 0.05) is 24.2 Å². The molecule has 0 unspecified atom stereocenters. The summed E-state index contributed by atoms with van der Waals surface area (Å²) in [5, 5.41) is 6.86. The van der Waals surface area contributed by atoms with Gasteiger partial charge in [0.05, 0.1) is 5.69 Å². The van der Waals surface area contributed by atoms with E-state index in [4.69, 9.17) is 0 Å². The SMILES string of the molecule is CCCN(CCC)C(=O)c1c(-c2ccccc2)c(-c2ccccc2)n[nH]c1=O. The van der Waals surface area contributed by atoms with Gasteiger partial charge in [-0.2, -0.15) is 5.10 Å². The first-order valence-electron chi connectivity index (χ1n) is 9.70. The predicted octanol–water partition coefficient (Wildman–Crippen LogP) is 4.37. The van der Waals surface area contributed by atoms with Crippen LogP contribution in [0.3, 0.4) is 0 Å². The van der Waals surface area contributed by atoms with E-state index >= 15 is 0 Å². The Morgan fingerprint density at radius 2 is 1.43 bits per heavy atom. The zero-order valence-electron chi connectivity index (χ0n) is 16.3. The Bertz CT molecular complexity index is 976. The average Bonchev–Trinajstić information content (AvgIpc) is 2.74. The van der Waals surface area contributed by atoms with Crippen LogP contribution in [0.15, 0.2) is 65.5 Å². The minimum atomic E-state index is -0.458. The number of hydrogen-bond acceptors (Lipinski definition) is 3. The molecule has 0 atom stereocenters. The van der Waals surface area contributed by atoms with Crippen molar-refractivity contribution in [2.45, 2.75) is 26.7 Å². The second-order valence-corrected chi connectivity index (χ2v) is 6.68. The van der Waals surface area contributed by atoms with E-state index in [9.17, 15) is 9.59 Å². The van der Waals surface area contributed by atoms with Crippen molar-refractivity contribution in [3.8, 4) is 22.4 Å². The topological polar surface area (TPSA) is 66.1 Å². The summed E-state index contributed by atoms with van der Waals surface area (Å²) in [5.41, 5.74) is 2.53. The van der Waals surface area contributed by atoms with Crippen molar-refractivity contribution in [2.75, 3.05) is 13.1 Å². The summed E-state index contributed by atoms with van der Waals surface area (Å²) in [4.78, 5) is 27.9.